The molecule has 0 saturated heterocycles. The Bertz CT molecular complexity index is 551. The first-order chi connectivity index (χ1) is 9.11. The highest BCUT2D eigenvalue weighted by Gasteiger charge is 2.09. The summed E-state index contributed by atoms with van der Waals surface area (Å²) in [7, 11) is 2.07. The predicted molar refractivity (Wildman–Crippen MR) is 80.7 cm³/mol. The Balaban J connectivity index is 2.39. The number of benzene rings is 1. The Hall–Kier alpha value is -1.61. The molecular weight excluding hydrogens is 236 g/mol. The third-order valence-electron chi connectivity index (χ3n) is 3.40. The number of pyridine rings is 1. The number of hydrogen-bond acceptors (Lipinski definition) is 3. The Morgan fingerprint density at radius 2 is 2.05 bits per heavy atom. The van der Waals surface area contributed by atoms with Crippen LogP contribution < -0.4 is 4.90 Å². The lowest BCUT2D eigenvalue weighted by Crippen LogP contribution is -2.22. The molecule has 1 unspecified atom stereocenters. The zero-order valence-electron chi connectivity index (χ0n) is 11.9. The molecule has 1 aromatic carbocycles. The van der Waals surface area contributed by atoms with Gasteiger partial charge in [-0.25, -0.2) is 0 Å². The summed E-state index contributed by atoms with van der Waals surface area (Å²) in [6.07, 6.45) is 1.44. The van der Waals surface area contributed by atoms with Crippen molar-refractivity contribution >= 4 is 16.6 Å². The molecule has 19 heavy (non-hydrogen) atoms. The zero-order chi connectivity index (χ0) is 13.8. The van der Waals surface area contributed by atoms with E-state index in [4.69, 9.17) is 0 Å². The van der Waals surface area contributed by atoms with E-state index in [9.17, 15) is 5.11 Å². The highest BCUT2D eigenvalue weighted by Crippen LogP contribution is 2.26. The summed E-state index contributed by atoms with van der Waals surface area (Å²) in [6, 6.07) is 10.4. The van der Waals surface area contributed by atoms with Gasteiger partial charge in [0, 0.05) is 30.4 Å². The van der Waals surface area contributed by atoms with Crippen LogP contribution in [0.25, 0.3) is 10.9 Å². The molecule has 0 fully saturated rings. The van der Waals surface area contributed by atoms with Crippen molar-refractivity contribution in [1.82, 2.24) is 4.98 Å². The molecule has 0 aliphatic carbocycles. The molecule has 1 N–H and O–H groups in total. The van der Waals surface area contributed by atoms with Crippen LogP contribution >= 0.6 is 0 Å². The highest BCUT2D eigenvalue weighted by molar-refractivity contribution is 5.91. The van der Waals surface area contributed by atoms with Crippen molar-refractivity contribution in [3.8, 4) is 0 Å². The van der Waals surface area contributed by atoms with E-state index in [2.05, 4.69) is 42.1 Å². The molecule has 2 aromatic rings. The number of nitrogens with zero attached hydrogens (tertiary/aromatic N) is 2. The SMILES string of the molecule is CCc1cc(N(C)CCC(C)O)c2ccccc2n1. The Morgan fingerprint density at radius 3 is 2.74 bits per heavy atom. The molecule has 0 radical (unpaired) electrons. The smallest absolute Gasteiger partial charge is 0.0726 e. The average molecular weight is 258 g/mol. The molecule has 0 bridgehead atoms. The molecule has 3 nitrogen and oxygen atoms in total. The first-order valence-electron chi connectivity index (χ1n) is 6.89. The van der Waals surface area contributed by atoms with Crippen LogP contribution in [0.3, 0.4) is 0 Å². The summed E-state index contributed by atoms with van der Waals surface area (Å²) in [5.41, 5.74) is 3.35. The monoisotopic (exact) mass is 258 g/mol. The third-order valence-corrected chi connectivity index (χ3v) is 3.40. The molecule has 0 spiro atoms. The maximum absolute atomic E-state index is 9.42. The van der Waals surface area contributed by atoms with Crippen LogP contribution in [0.2, 0.25) is 0 Å². The van der Waals surface area contributed by atoms with E-state index in [1.807, 2.05) is 19.1 Å². The number of fused-ring (bicyclic) bond motifs is 1. The van der Waals surface area contributed by atoms with Gasteiger partial charge in [0.2, 0.25) is 0 Å². The van der Waals surface area contributed by atoms with Gasteiger partial charge in [0.05, 0.1) is 11.6 Å². The third kappa shape index (κ3) is 3.24. The molecule has 1 aromatic heterocycles. The Kier molecular flexibility index (Phi) is 4.38. The van der Waals surface area contributed by atoms with E-state index < -0.39 is 0 Å². The van der Waals surface area contributed by atoms with Gasteiger partial charge in [-0.1, -0.05) is 25.1 Å². The van der Waals surface area contributed by atoms with Gasteiger partial charge in [0.15, 0.2) is 0 Å². The topological polar surface area (TPSA) is 36.4 Å². The molecule has 0 saturated carbocycles. The van der Waals surface area contributed by atoms with Gasteiger partial charge in [0.1, 0.15) is 0 Å². The van der Waals surface area contributed by atoms with Gasteiger partial charge in [-0.15, -0.1) is 0 Å². The van der Waals surface area contributed by atoms with Crippen LogP contribution in [0.15, 0.2) is 30.3 Å². The van der Waals surface area contributed by atoms with Crippen molar-refractivity contribution in [1.29, 1.82) is 0 Å². The summed E-state index contributed by atoms with van der Waals surface area (Å²) in [5.74, 6) is 0. The molecule has 0 aliphatic rings. The number of hydrogen-bond donors (Lipinski definition) is 1. The van der Waals surface area contributed by atoms with Gasteiger partial charge in [0.25, 0.3) is 0 Å². The maximum Gasteiger partial charge on any atom is 0.0726 e. The maximum atomic E-state index is 9.42. The molecular formula is C16H22N2O. The Labute approximate surface area is 114 Å². The van der Waals surface area contributed by atoms with E-state index in [0.717, 1.165) is 30.6 Å². The molecule has 2 rings (SSSR count). The second kappa shape index (κ2) is 6.02. The van der Waals surface area contributed by atoms with Gasteiger partial charge in [-0.2, -0.15) is 0 Å². The fraction of sp³-hybridized carbons (Fsp3) is 0.438. The van der Waals surface area contributed by atoms with Crippen molar-refractivity contribution in [2.75, 3.05) is 18.5 Å². The minimum atomic E-state index is -0.263. The van der Waals surface area contributed by atoms with Gasteiger partial charge >= 0.3 is 0 Å². The van der Waals surface area contributed by atoms with Crippen LogP contribution in [0.4, 0.5) is 5.69 Å². The van der Waals surface area contributed by atoms with Crippen LogP contribution in [0.5, 0.6) is 0 Å². The van der Waals surface area contributed by atoms with Crippen LogP contribution in [0.1, 0.15) is 26.0 Å². The van der Waals surface area contributed by atoms with E-state index >= 15 is 0 Å². The summed E-state index contributed by atoms with van der Waals surface area (Å²) in [4.78, 5) is 6.86. The van der Waals surface area contributed by atoms with Crippen molar-refractivity contribution in [2.24, 2.45) is 0 Å². The molecule has 3 heteroatoms. The number of aromatic nitrogens is 1. The van der Waals surface area contributed by atoms with Crippen molar-refractivity contribution < 1.29 is 5.11 Å². The zero-order valence-corrected chi connectivity index (χ0v) is 11.9. The van der Waals surface area contributed by atoms with E-state index in [1.165, 1.54) is 11.1 Å². The summed E-state index contributed by atoms with van der Waals surface area (Å²) in [5, 5.41) is 10.6. The van der Waals surface area contributed by atoms with Crippen LogP contribution in [-0.4, -0.2) is 29.8 Å². The summed E-state index contributed by atoms with van der Waals surface area (Å²) < 4.78 is 0. The quantitative estimate of drug-likeness (QED) is 0.895. The molecule has 0 aliphatic heterocycles. The number of aliphatic hydroxyl groups excluding tert-OH is 1. The normalized spacial score (nSPS) is 12.6. The molecule has 1 atom stereocenters. The van der Waals surface area contributed by atoms with E-state index in [-0.39, 0.29) is 6.10 Å². The van der Waals surface area contributed by atoms with E-state index in [1.54, 1.807) is 0 Å². The first-order valence-corrected chi connectivity index (χ1v) is 6.89. The van der Waals surface area contributed by atoms with Crippen molar-refractivity contribution in [3.63, 3.8) is 0 Å². The molecule has 0 amide bonds. The second-order valence-electron chi connectivity index (χ2n) is 5.06. The highest BCUT2D eigenvalue weighted by atomic mass is 16.3. The number of aliphatic hydroxyl groups is 1. The fourth-order valence-electron chi connectivity index (χ4n) is 2.21. The summed E-state index contributed by atoms with van der Waals surface area (Å²) in [6.45, 7) is 4.79. The van der Waals surface area contributed by atoms with Gasteiger partial charge < -0.3 is 10.0 Å². The van der Waals surface area contributed by atoms with Crippen LogP contribution in [0, 0.1) is 0 Å². The second-order valence-corrected chi connectivity index (χ2v) is 5.06. The van der Waals surface area contributed by atoms with Crippen molar-refractivity contribution in [2.45, 2.75) is 32.8 Å². The van der Waals surface area contributed by atoms with Crippen LogP contribution in [-0.2, 0) is 6.42 Å². The number of para-hydroxylation sites is 1. The van der Waals surface area contributed by atoms with E-state index in [0.29, 0.717) is 0 Å². The lowest BCUT2D eigenvalue weighted by Gasteiger charge is -2.22. The first kappa shape index (κ1) is 13.8. The Morgan fingerprint density at radius 1 is 1.32 bits per heavy atom. The lowest BCUT2D eigenvalue weighted by molar-refractivity contribution is 0.187. The minimum Gasteiger partial charge on any atom is -0.393 e. The van der Waals surface area contributed by atoms with Gasteiger partial charge in [-0.3, -0.25) is 4.98 Å². The average Bonchev–Trinajstić information content (AvgIpc) is 2.43. The lowest BCUT2D eigenvalue weighted by atomic mass is 10.1. The molecule has 1 heterocycles. The number of aryl methyl sites for hydroxylation is 1. The standard InChI is InChI=1S/C16H22N2O/c1-4-13-11-16(18(3)10-9-12(2)19)14-7-5-6-8-15(14)17-13/h5-8,11-12,19H,4,9-10H2,1-3H3. The summed E-state index contributed by atoms with van der Waals surface area (Å²) >= 11 is 0. The number of anilines is 1. The largest absolute Gasteiger partial charge is 0.393 e. The molecule has 102 valence electrons. The number of rotatable bonds is 5. The predicted octanol–water partition coefficient (Wildman–Crippen LogP) is 3.00. The fourth-order valence-corrected chi connectivity index (χ4v) is 2.21. The van der Waals surface area contributed by atoms with Crippen molar-refractivity contribution in [3.05, 3.63) is 36.0 Å². The van der Waals surface area contributed by atoms with Gasteiger partial charge in [-0.05, 0) is 31.9 Å². The minimum absolute atomic E-state index is 0.263.